The van der Waals surface area contributed by atoms with Crippen LogP contribution in [0.15, 0.2) is 0 Å². The predicted octanol–water partition coefficient (Wildman–Crippen LogP) is 3.76. The first-order valence-electron chi connectivity index (χ1n) is 8.76. The maximum atomic E-state index is 11.7. The summed E-state index contributed by atoms with van der Waals surface area (Å²) < 4.78 is 4.74. The highest BCUT2D eigenvalue weighted by atomic mass is 32.2. The van der Waals surface area contributed by atoms with Crippen molar-refractivity contribution in [1.29, 1.82) is 0 Å². The van der Waals surface area contributed by atoms with E-state index in [1.54, 1.807) is 11.8 Å². The second-order valence-corrected chi connectivity index (χ2v) is 6.37. The van der Waals surface area contributed by atoms with Gasteiger partial charge in [0.2, 0.25) is 12.3 Å². The van der Waals surface area contributed by atoms with Crippen molar-refractivity contribution in [3.8, 4) is 0 Å². The van der Waals surface area contributed by atoms with Crippen molar-refractivity contribution in [3.63, 3.8) is 0 Å². The van der Waals surface area contributed by atoms with Gasteiger partial charge in [-0.15, -0.1) is 0 Å². The summed E-state index contributed by atoms with van der Waals surface area (Å²) in [4.78, 5) is 35.3. The molecular formula is C18H35NO4S. The van der Waals surface area contributed by atoms with Crippen LogP contribution in [0.4, 0.5) is 0 Å². The maximum absolute atomic E-state index is 11.7. The fraction of sp³-hybridized carbons (Fsp3) is 0.833. The first-order chi connectivity index (χ1) is 11.5. The lowest BCUT2D eigenvalue weighted by Gasteiger charge is -2.29. The number of thioether (sulfide) groups is 1. The summed E-state index contributed by atoms with van der Waals surface area (Å²) in [5, 5.41) is 0. The molecule has 0 unspecified atom stereocenters. The van der Waals surface area contributed by atoms with Crippen LogP contribution in [0, 0.1) is 11.8 Å². The van der Waals surface area contributed by atoms with Gasteiger partial charge in [-0.25, -0.2) is 0 Å². The van der Waals surface area contributed by atoms with Crippen LogP contribution >= 0.6 is 11.8 Å². The van der Waals surface area contributed by atoms with Crippen molar-refractivity contribution in [2.75, 3.05) is 26.2 Å². The minimum atomic E-state index is -0.146. The maximum Gasteiger partial charge on any atom is 0.308 e. The lowest BCUT2D eigenvalue weighted by molar-refractivity contribution is -0.147. The molecule has 5 nitrogen and oxygen atoms in total. The zero-order valence-electron chi connectivity index (χ0n) is 16.2. The summed E-state index contributed by atoms with van der Waals surface area (Å²) >= 11 is 1.75. The van der Waals surface area contributed by atoms with Crippen molar-refractivity contribution in [3.05, 3.63) is 0 Å². The minimum absolute atomic E-state index is 0.0164. The number of rotatable bonds is 6. The Morgan fingerprint density at radius 1 is 1.17 bits per heavy atom. The Hall–Kier alpha value is -1.04. The lowest BCUT2D eigenvalue weighted by Crippen LogP contribution is -2.36. The quantitative estimate of drug-likeness (QED) is 0.532. The van der Waals surface area contributed by atoms with Crippen molar-refractivity contribution in [2.45, 2.75) is 59.3 Å². The third kappa shape index (κ3) is 10.7. The average molecular weight is 362 g/mol. The van der Waals surface area contributed by atoms with E-state index in [1.807, 2.05) is 33.3 Å². The minimum Gasteiger partial charge on any atom is -0.469 e. The van der Waals surface area contributed by atoms with Crippen LogP contribution < -0.4 is 0 Å². The molecule has 0 saturated heterocycles. The van der Waals surface area contributed by atoms with Crippen molar-refractivity contribution >= 4 is 30.0 Å². The van der Waals surface area contributed by atoms with Gasteiger partial charge in [-0.3, -0.25) is 19.3 Å². The van der Waals surface area contributed by atoms with Crippen LogP contribution in [-0.2, 0) is 19.1 Å². The number of nitrogens with zero attached hydrogens (tertiary/aromatic N) is 1. The molecule has 0 spiro atoms. The largest absolute Gasteiger partial charge is 0.469 e. The Bertz CT molecular complexity index is 342. The predicted molar refractivity (Wildman–Crippen MR) is 101 cm³/mol. The first-order valence-corrected chi connectivity index (χ1v) is 10.4. The van der Waals surface area contributed by atoms with Crippen LogP contribution in [-0.4, -0.2) is 49.4 Å². The molecule has 24 heavy (non-hydrogen) atoms. The summed E-state index contributed by atoms with van der Waals surface area (Å²) in [6, 6.07) is 0. The monoisotopic (exact) mass is 361 g/mol. The van der Waals surface area contributed by atoms with Crippen LogP contribution in [0.3, 0.4) is 0 Å². The van der Waals surface area contributed by atoms with Gasteiger partial charge in [0.1, 0.15) is 0 Å². The van der Waals surface area contributed by atoms with E-state index in [1.165, 1.54) is 12.0 Å². The SMILES string of the molecule is CC.CCCC(=O)N(C=O)CC1CCC(C(=O)OC)CC1.CSC. The van der Waals surface area contributed by atoms with Crippen molar-refractivity contribution in [2.24, 2.45) is 11.8 Å². The molecule has 0 heterocycles. The highest BCUT2D eigenvalue weighted by Gasteiger charge is 2.28. The summed E-state index contributed by atoms with van der Waals surface area (Å²) in [6.45, 7) is 6.40. The third-order valence-electron chi connectivity index (χ3n) is 3.75. The first kappa shape index (κ1) is 25.2. The second-order valence-electron chi connectivity index (χ2n) is 5.55. The van der Waals surface area contributed by atoms with Gasteiger partial charge in [0.15, 0.2) is 0 Å². The van der Waals surface area contributed by atoms with E-state index < -0.39 is 0 Å². The number of imide groups is 1. The van der Waals surface area contributed by atoms with E-state index in [9.17, 15) is 14.4 Å². The van der Waals surface area contributed by atoms with Gasteiger partial charge in [0.05, 0.1) is 13.0 Å². The molecule has 0 aromatic rings. The molecule has 1 rings (SSSR count). The number of hydrogen-bond donors (Lipinski definition) is 0. The zero-order chi connectivity index (χ0) is 19.0. The van der Waals surface area contributed by atoms with Crippen LogP contribution in [0.5, 0.6) is 0 Å². The van der Waals surface area contributed by atoms with E-state index in [-0.39, 0.29) is 17.8 Å². The van der Waals surface area contributed by atoms with E-state index in [4.69, 9.17) is 4.74 Å². The Labute approximate surface area is 151 Å². The Morgan fingerprint density at radius 3 is 2.04 bits per heavy atom. The molecule has 6 heteroatoms. The van der Waals surface area contributed by atoms with Crippen LogP contribution in [0.1, 0.15) is 59.3 Å². The number of amides is 2. The van der Waals surface area contributed by atoms with E-state index in [0.29, 0.717) is 25.3 Å². The summed E-state index contributed by atoms with van der Waals surface area (Å²) in [6.07, 6.45) is 9.17. The molecule has 142 valence electrons. The molecule has 2 amide bonds. The second kappa shape index (κ2) is 16.8. The summed E-state index contributed by atoms with van der Waals surface area (Å²) in [7, 11) is 1.41. The molecule has 0 bridgehead atoms. The van der Waals surface area contributed by atoms with Gasteiger partial charge in [-0.1, -0.05) is 20.8 Å². The van der Waals surface area contributed by atoms with Crippen LogP contribution in [0.25, 0.3) is 0 Å². The topological polar surface area (TPSA) is 63.7 Å². The Balaban J connectivity index is 0. The van der Waals surface area contributed by atoms with Gasteiger partial charge in [-0.05, 0) is 50.5 Å². The Morgan fingerprint density at radius 2 is 1.67 bits per heavy atom. The Kier molecular flexibility index (Phi) is 17.6. The van der Waals surface area contributed by atoms with Gasteiger partial charge in [-0.2, -0.15) is 11.8 Å². The molecule has 1 saturated carbocycles. The van der Waals surface area contributed by atoms with Gasteiger partial charge >= 0.3 is 5.97 Å². The van der Waals surface area contributed by atoms with Crippen molar-refractivity contribution < 1.29 is 19.1 Å². The molecule has 0 aliphatic heterocycles. The van der Waals surface area contributed by atoms with Gasteiger partial charge in [0.25, 0.3) is 0 Å². The molecule has 1 aliphatic rings. The molecule has 0 atom stereocenters. The highest BCUT2D eigenvalue weighted by molar-refractivity contribution is 7.97. The molecule has 0 N–H and O–H groups in total. The standard InChI is InChI=1S/C14H23NO4.C2H6S.C2H6/c1-3-4-13(17)15(10-16)9-11-5-7-12(8-6-11)14(18)19-2;1-3-2;1-2/h10-12H,3-9H2,1-2H3;1-2H3;1-2H3. The van der Waals surface area contributed by atoms with Crippen LogP contribution in [0.2, 0.25) is 0 Å². The molecule has 0 radical (unpaired) electrons. The molecule has 1 fully saturated rings. The molecule has 1 aliphatic carbocycles. The number of esters is 1. The van der Waals surface area contributed by atoms with Crippen molar-refractivity contribution in [1.82, 2.24) is 4.90 Å². The number of carbonyl (C=O) groups is 3. The fourth-order valence-electron chi connectivity index (χ4n) is 2.59. The number of hydrogen-bond acceptors (Lipinski definition) is 5. The zero-order valence-corrected chi connectivity index (χ0v) is 17.0. The fourth-order valence-corrected chi connectivity index (χ4v) is 2.59. The third-order valence-corrected chi connectivity index (χ3v) is 3.75. The lowest BCUT2D eigenvalue weighted by atomic mass is 9.82. The smallest absolute Gasteiger partial charge is 0.308 e. The number of carbonyl (C=O) groups excluding carboxylic acids is 3. The number of ether oxygens (including phenoxy) is 1. The van der Waals surface area contributed by atoms with E-state index in [2.05, 4.69) is 0 Å². The van der Waals surface area contributed by atoms with E-state index >= 15 is 0 Å². The average Bonchev–Trinajstić information content (AvgIpc) is 2.62. The summed E-state index contributed by atoms with van der Waals surface area (Å²) in [5.41, 5.74) is 0. The summed E-state index contributed by atoms with van der Waals surface area (Å²) in [5.74, 6) is 0.0459. The number of methoxy groups -OCH3 is 1. The van der Waals surface area contributed by atoms with E-state index in [0.717, 1.165) is 32.1 Å². The normalized spacial score (nSPS) is 18.9. The van der Waals surface area contributed by atoms with Gasteiger partial charge in [0, 0.05) is 13.0 Å². The molecule has 0 aromatic heterocycles. The molecule has 0 aromatic carbocycles. The van der Waals surface area contributed by atoms with Gasteiger partial charge < -0.3 is 4.74 Å². The molecular weight excluding hydrogens is 326 g/mol. The highest BCUT2D eigenvalue weighted by Crippen LogP contribution is 2.30.